The molecule has 6 rings (SSSR count). The van der Waals surface area contributed by atoms with E-state index >= 15 is 0 Å². The SMILES string of the molecule is Cc1cc(Nc2nc(NC3CC4CCC(C3)N4C(=O)OC(C)(C)C)nc3cc(-c4cccnc4)ccc23)n[nH]1. The molecule has 10 nitrogen and oxygen atoms in total. The molecular weight excluding hydrogens is 492 g/mol. The number of carbonyl (C=O) groups is 1. The number of aryl methyl sites for hydroxylation is 1. The van der Waals surface area contributed by atoms with Crippen molar-refractivity contribution in [2.45, 2.75) is 77.1 Å². The number of pyridine rings is 1. The largest absolute Gasteiger partial charge is 0.444 e. The highest BCUT2D eigenvalue weighted by atomic mass is 16.6. The maximum absolute atomic E-state index is 12.9. The van der Waals surface area contributed by atoms with Gasteiger partial charge in [0.2, 0.25) is 5.95 Å². The minimum absolute atomic E-state index is 0.151. The van der Waals surface area contributed by atoms with Gasteiger partial charge in [0.1, 0.15) is 11.4 Å². The van der Waals surface area contributed by atoms with Crippen LogP contribution in [0.25, 0.3) is 22.0 Å². The van der Waals surface area contributed by atoms with E-state index in [1.807, 2.05) is 63.1 Å². The van der Waals surface area contributed by atoms with Crippen molar-refractivity contribution < 1.29 is 9.53 Å². The number of nitrogens with one attached hydrogen (secondary N) is 3. The van der Waals surface area contributed by atoms with Crippen molar-refractivity contribution >= 4 is 34.6 Å². The quantitative estimate of drug-likeness (QED) is 0.298. The number of piperidine rings is 1. The maximum atomic E-state index is 12.9. The first-order valence-electron chi connectivity index (χ1n) is 13.5. The number of fused-ring (bicyclic) bond motifs is 3. The van der Waals surface area contributed by atoms with E-state index in [-0.39, 0.29) is 24.2 Å². The molecule has 10 heteroatoms. The number of ether oxygens (including phenoxy) is 1. The van der Waals surface area contributed by atoms with E-state index in [1.165, 1.54) is 0 Å². The summed E-state index contributed by atoms with van der Waals surface area (Å²) in [5, 5.41) is 15.2. The third-order valence-electron chi connectivity index (χ3n) is 7.31. The van der Waals surface area contributed by atoms with Crippen molar-refractivity contribution in [3.63, 3.8) is 0 Å². The summed E-state index contributed by atoms with van der Waals surface area (Å²) >= 11 is 0. The van der Waals surface area contributed by atoms with E-state index in [2.05, 4.69) is 37.9 Å². The van der Waals surface area contributed by atoms with Crippen LogP contribution < -0.4 is 10.6 Å². The highest BCUT2D eigenvalue weighted by Crippen LogP contribution is 2.38. The lowest BCUT2D eigenvalue weighted by Crippen LogP contribution is -2.51. The Morgan fingerprint density at radius 2 is 1.87 bits per heavy atom. The fourth-order valence-electron chi connectivity index (χ4n) is 5.70. The molecule has 2 bridgehead atoms. The molecule has 39 heavy (non-hydrogen) atoms. The molecule has 3 aromatic heterocycles. The number of benzene rings is 1. The Morgan fingerprint density at radius 3 is 2.54 bits per heavy atom. The summed E-state index contributed by atoms with van der Waals surface area (Å²) < 4.78 is 5.70. The summed E-state index contributed by atoms with van der Waals surface area (Å²) in [6.45, 7) is 7.69. The van der Waals surface area contributed by atoms with Gasteiger partial charge in [0.25, 0.3) is 0 Å². The molecule has 2 aliphatic heterocycles. The van der Waals surface area contributed by atoms with Crippen LogP contribution >= 0.6 is 0 Å². The van der Waals surface area contributed by atoms with Crippen LogP contribution in [0.15, 0.2) is 48.8 Å². The molecule has 2 saturated heterocycles. The summed E-state index contributed by atoms with van der Waals surface area (Å²) in [6, 6.07) is 12.5. The minimum atomic E-state index is -0.504. The first-order valence-corrected chi connectivity index (χ1v) is 13.5. The summed E-state index contributed by atoms with van der Waals surface area (Å²) in [5.41, 5.74) is 3.33. The summed E-state index contributed by atoms with van der Waals surface area (Å²) in [4.78, 5) is 28.9. The molecule has 2 fully saturated rings. The second-order valence-corrected chi connectivity index (χ2v) is 11.5. The lowest BCUT2D eigenvalue weighted by Gasteiger charge is -2.39. The predicted octanol–water partition coefficient (Wildman–Crippen LogP) is 5.81. The number of anilines is 3. The van der Waals surface area contributed by atoms with Crippen molar-refractivity contribution in [2.75, 3.05) is 10.6 Å². The van der Waals surface area contributed by atoms with Gasteiger partial charge in [-0.1, -0.05) is 12.1 Å². The second kappa shape index (κ2) is 9.83. The zero-order valence-electron chi connectivity index (χ0n) is 22.7. The van der Waals surface area contributed by atoms with Crippen LogP contribution in [0.2, 0.25) is 0 Å². The van der Waals surface area contributed by atoms with Crippen molar-refractivity contribution in [3.05, 3.63) is 54.5 Å². The van der Waals surface area contributed by atoms with Crippen LogP contribution in [0.1, 0.15) is 52.1 Å². The zero-order valence-corrected chi connectivity index (χ0v) is 22.7. The van der Waals surface area contributed by atoms with Crippen molar-refractivity contribution in [2.24, 2.45) is 0 Å². The predicted molar refractivity (Wildman–Crippen MR) is 151 cm³/mol. The van der Waals surface area contributed by atoms with Gasteiger partial charge in [0.05, 0.1) is 5.52 Å². The van der Waals surface area contributed by atoms with Gasteiger partial charge in [0.15, 0.2) is 5.82 Å². The molecule has 2 unspecified atom stereocenters. The van der Waals surface area contributed by atoms with Gasteiger partial charge in [-0.3, -0.25) is 10.1 Å². The first kappa shape index (κ1) is 25.1. The molecule has 202 valence electrons. The molecule has 0 aliphatic carbocycles. The molecule has 5 heterocycles. The van der Waals surface area contributed by atoms with Crippen LogP contribution in [-0.2, 0) is 4.74 Å². The summed E-state index contributed by atoms with van der Waals surface area (Å²) in [5.74, 6) is 1.93. The normalized spacial score (nSPS) is 20.7. The highest BCUT2D eigenvalue weighted by Gasteiger charge is 2.45. The third-order valence-corrected chi connectivity index (χ3v) is 7.31. The van der Waals surface area contributed by atoms with E-state index < -0.39 is 5.60 Å². The molecule has 3 N–H and O–H groups in total. The number of nitrogens with zero attached hydrogens (tertiary/aromatic N) is 5. The van der Waals surface area contributed by atoms with E-state index in [9.17, 15) is 4.79 Å². The first-order chi connectivity index (χ1) is 18.7. The molecule has 4 aromatic rings. The molecule has 1 amide bonds. The van der Waals surface area contributed by atoms with E-state index in [0.717, 1.165) is 53.4 Å². The Bertz CT molecular complexity index is 1480. The maximum Gasteiger partial charge on any atom is 0.410 e. The smallest absolute Gasteiger partial charge is 0.410 e. The molecular formula is C29H34N8O2. The number of rotatable bonds is 5. The fraction of sp³-hybridized carbons (Fsp3) is 0.414. The van der Waals surface area contributed by atoms with E-state index in [1.54, 1.807) is 6.20 Å². The molecule has 0 radical (unpaired) electrons. The summed E-state index contributed by atoms with van der Waals surface area (Å²) in [6.07, 6.45) is 7.04. The minimum Gasteiger partial charge on any atom is -0.444 e. The topological polar surface area (TPSA) is 121 Å². The Balaban J connectivity index is 1.28. The average molecular weight is 527 g/mol. The fourth-order valence-corrected chi connectivity index (χ4v) is 5.70. The van der Waals surface area contributed by atoms with E-state index in [0.29, 0.717) is 17.6 Å². The van der Waals surface area contributed by atoms with Gasteiger partial charge in [-0.2, -0.15) is 10.1 Å². The number of amides is 1. The lowest BCUT2D eigenvalue weighted by atomic mass is 9.98. The summed E-state index contributed by atoms with van der Waals surface area (Å²) in [7, 11) is 0. The molecule has 0 saturated carbocycles. The van der Waals surface area contributed by atoms with Gasteiger partial charge in [-0.25, -0.2) is 9.78 Å². The van der Waals surface area contributed by atoms with Crippen LogP contribution in [0.5, 0.6) is 0 Å². The van der Waals surface area contributed by atoms with Gasteiger partial charge >= 0.3 is 6.09 Å². The van der Waals surface area contributed by atoms with Crippen molar-refractivity contribution in [3.8, 4) is 11.1 Å². The standard InChI is InChI=1S/C29H34N8O2/c1-17-12-25(36-35-17)33-26-23-10-7-18(19-6-5-11-30-16-19)13-24(23)32-27(34-26)31-20-14-21-8-9-22(15-20)37(21)28(38)39-29(2,3)4/h5-7,10-13,16,20-22H,8-9,14-15H2,1-4H3,(H3,31,32,33,34,35,36). The lowest BCUT2D eigenvalue weighted by molar-refractivity contribution is 0.00682. The molecule has 0 spiro atoms. The second-order valence-electron chi connectivity index (χ2n) is 11.5. The van der Waals surface area contributed by atoms with Crippen LogP contribution in [0, 0.1) is 6.92 Å². The Labute approximate surface area is 227 Å². The number of aromatic nitrogens is 5. The van der Waals surface area contributed by atoms with E-state index in [4.69, 9.17) is 14.7 Å². The average Bonchev–Trinajstić information content (AvgIpc) is 3.42. The Hall–Kier alpha value is -4.21. The zero-order chi connectivity index (χ0) is 27.1. The monoisotopic (exact) mass is 526 g/mol. The van der Waals surface area contributed by atoms with Gasteiger partial charge in [-0.05, 0) is 77.1 Å². The molecule has 2 atom stereocenters. The molecule has 1 aromatic carbocycles. The number of hydrogen-bond donors (Lipinski definition) is 3. The number of hydrogen-bond acceptors (Lipinski definition) is 8. The van der Waals surface area contributed by atoms with Gasteiger partial charge in [-0.15, -0.1) is 0 Å². The van der Waals surface area contributed by atoms with Crippen LogP contribution in [-0.4, -0.2) is 59.9 Å². The van der Waals surface area contributed by atoms with Gasteiger partial charge < -0.3 is 20.3 Å². The van der Waals surface area contributed by atoms with Gasteiger partial charge in [0, 0.05) is 53.2 Å². The van der Waals surface area contributed by atoms with Crippen LogP contribution in [0.3, 0.4) is 0 Å². The van der Waals surface area contributed by atoms with Crippen LogP contribution in [0.4, 0.5) is 22.4 Å². The Morgan fingerprint density at radius 1 is 1.08 bits per heavy atom. The Kier molecular flexibility index (Phi) is 6.32. The van der Waals surface area contributed by atoms with Crippen molar-refractivity contribution in [1.82, 2.24) is 30.0 Å². The number of H-pyrrole nitrogens is 1. The number of aromatic amines is 1. The third kappa shape index (κ3) is 5.36. The molecule has 2 aliphatic rings. The number of carbonyl (C=O) groups excluding carboxylic acids is 1. The highest BCUT2D eigenvalue weighted by molar-refractivity contribution is 5.94. The van der Waals surface area contributed by atoms with Crippen molar-refractivity contribution in [1.29, 1.82) is 0 Å².